The summed E-state index contributed by atoms with van der Waals surface area (Å²) in [6, 6.07) is 9.50. The number of fused-ring (bicyclic) bond motifs is 1. The molecular weight excluding hydrogens is 380 g/mol. The summed E-state index contributed by atoms with van der Waals surface area (Å²) in [5, 5.41) is 0. The molecule has 0 radical (unpaired) electrons. The van der Waals surface area contributed by atoms with E-state index in [1.807, 2.05) is 30.3 Å². The number of nitrogens with zero attached hydrogens (tertiary/aromatic N) is 3. The number of pyridine rings is 1. The normalized spacial score (nSPS) is 13.3. The number of methoxy groups -OCH3 is 1. The maximum absolute atomic E-state index is 12.7. The minimum absolute atomic E-state index is 0.0980. The first-order valence-corrected chi connectivity index (χ1v) is 9.66. The highest BCUT2D eigenvalue weighted by molar-refractivity contribution is 5.53. The van der Waals surface area contributed by atoms with Gasteiger partial charge in [-0.1, -0.05) is 12.0 Å². The molecule has 1 aliphatic rings. The Morgan fingerprint density at radius 1 is 1.30 bits per heavy atom. The zero-order valence-electron chi connectivity index (χ0n) is 16.7. The molecule has 0 fully saturated rings. The maximum Gasteiger partial charge on any atom is 0.255 e. The molecule has 0 atom stereocenters. The molecule has 30 heavy (non-hydrogen) atoms. The third-order valence-corrected chi connectivity index (χ3v) is 5.03. The highest BCUT2D eigenvalue weighted by Crippen LogP contribution is 2.29. The highest BCUT2D eigenvalue weighted by atomic mass is 16.5. The molecule has 0 spiro atoms. The van der Waals surface area contributed by atoms with Gasteiger partial charge in [0, 0.05) is 44.0 Å². The Morgan fingerprint density at radius 2 is 2.20 bits per heavy atom. The van der Waals surface area contributed by atoms with E-state index >= 15 is 0 Å². The molecule has 4 rings (SSSR count). The van der Waals surface area contributed by atoms with Crippen LogP contribution in [0.1, 0.15) is 16.8 Å². The van der Waals surface area contributed by atoms with Gasteiger partial charge >= 0.3 is 0 Å². The van der Waals surface area contributed by atoms with Crippen molar-refractivity contribution in [3.63, 3.8) is 0 Å². The number of benzene rings is 1. The summed E-state index contributed by atoms with van der Waals surface area (Å²) in [4.78, 5) is 26.6. The van der Waals surface area contributed by atoms with Gasteiger partial charge in [-0.15, -0.1) is 6.42 Å². The fourth-order valence-corrected chi connectivity index (χ4v) is 3.56. The lowest BCUT2D eigenvalue weighted by Gasteiger charge is -2.28. The van der Waals surface area contributed by atoms with Crippen molar-refractivity contribution in [2.24, 2.45) is 0 Å². The summed E-state index contributed by atoms with van der Waals surface area (Å²) in [5.41, 5.74) is 3.34. The van der Waals surface area contributed by atoms with Crippen LogP contribution in [-0.4, -0.2) is 40.1 Å². The second-order valence-corrected chi connectivity index (χ2v) is 7.02. The zero-order chi connectivity index (χ0) is 20.9. The van der Waals surface area contributed by atoms with Gasteiger partial charge in [0.2, 0.25) is 0 Å². The Balaban J connectivity index is 1.51. The fraction of sp³-hybridized carbons (Fsp3) is 0.261. The van der Waals surface area contributed by atoms with Gasteiger partial charge < -0.3 is 14.5 Å². The van der Waals surface area contributed by atoms with Crippen molar-refractivity contribution in [2.75, 3.05) is 20.3 Å². The number of hydrogen-bond acceptors (Lipinski definition) is 6. The van der Waals surface area contributed by atoms with Crippen LogP contribution in [0.5, 0.6) is 11.5 Å². The molecule has 1 aliphatic heterocycles. The van der Waals surface area contributed by atoms with Crippen LogP contribution in [0.15, 0.2) is 47.5 Å². The first kappa shape index (κ1) is 19.7. The van der Waals surface area contributed by atoms with Crippen LogP contribution in [0.4, 0.5) is 0 Å². The minimum atomic E-state index is -0.0980. The minimum Gasteiger partial charge on any atom is -0.493 e. The summed E-state index contributed by atoms with van der Waals surface area (Å²) in [6.07, 6.45) is 9.37. The van der Waals surface area contributed by atoms with Gasteiger partial charge in [-0.25, -0.2) is 4.98 Å². The van der Waals surface area contributed by atoms with Gasteiger partial charge in [-0.05, 0) is 29.8 Å². The average Bonchev–Trinajstić information content (AvgIpc) is 2.79. The van der Waals surface area contributed by atoms with Crippen LogP contribution in [0.2, 0.25) is 0 Å². The lowest BCUT2D eigenvalue weighted by atomic mass is 10.1. The largest absolute Gasteiger partial charge is 0.493 e. The molecule has 7 nitrogen and oxygen atoms in total. The number of nitrogens with one attached hydrogen (secondary N) is 1. The molecular formula is C23H22N4O3. The third kappa shape index (κ3) is 4.19. The molecule has 0 saturated carbocycles. The first-order valence-electron chi connectivity index (χ1n) is 9.66. The summed E-state index contributed by atoms with van der Waals surface area (Å²) in [7, 11) is 1.60. The van der Waals surface area contributed by atoms with Crippen molar-refractivity contribution in [1.29, 1.82) is 0 Å². The van der Waals surface area contributed by atoms with Crippen molar-refractivity contribution in [1.82, 2.24) is 19.9 Å². The molecule has 1 aromatic carbocycles. The van der Waals surface area contributed by atoms with Gasteiger partial charge in [-0.3, -0.25) is 14.7 Å². The highest BCUT2D eigenvalue weighted by Gasteiger charge is 2.22. The Labute approximate surface area is 174 Å². The number of aromatic amines is 1. The molecule has 0 unspecified atom stereocenters. The predicted molar refractivity (Wildman–Crippen MR) is 113 cm³/mol. The Hall–Kier alpha value is -3.63. The van der Waals surface area contributed by atoms with E-state index in [-0.39, 0.29) is 12.2 Å². The predicted octanol–water partition coefficient (Wildman–Crippen LogP) is 2.41. The summed E-state index contributed by atoms with van der Waals surface area (Å²) in [6.45, 7) is 2.24. The van der Waals surface area contributed by atoms with E-state index in [2.05, 4.69) is 25.8 Å². The van der Waals surface area contributed by atoms with E-state index in [4.69, 9.17) is 15.9 Å². The van der Waals surface area contributed by atoms with Crippen molar-refractivity contribution < 1.29 is 9.47 Å². The van der Waals surface area contributed by atoms with E-state index in [1.54, 1.807) is 19.5 Å². The Morgan fingerprint density at radius 3 is 2.97 bits per heavy atom. The van der Waals surface area contributed by atoms with Gasteiger partial charge in [0.05, 0.1) is 18.4 Å². The molecule has 2 aromatic heterocycles. The van der Waals surface area contributed by atoms with Crippen molar-refractivity contribution in [3.05, 3.63) is 69.9 Å². The van der Waals surface area contributed by atoms with Crippen LogP contribution < -0.4 is 15.0 Å². The maximum atomic E-state index is 12.7. The van der Waals surface area contributed by atoms with Crippen LogP contribution in [0, 0.1) is 12.3 Å². The molecule has 3 aromatic rings. The fourth-order valence-electron chi connectivity index (χ4n) is 3.56. The number of H-pyrrole nitrogens is 1. The van der Waals surface area contributed by atoms with Crippen LogP contribution in [0.3, 0.4) is 0 Å². The smallest absolute Gasteiger partial charge is 0.255 e. The zero-order valence-corrected chi connectivity index (χ0v) is 16.7. The molecule has 0 saturated heterocycles. The standard InChI is InChI=1S/C23H22N4O3/c1-3-11-30-20-7-6-16(12-21(20)29-2)14-27-10-8-19-18(15-27)23(28)26-22(25-19)17-5-4-9-24-13-17/h1,4-7,9,12-13H,8,10-11,14-15H2,2H3,(H,25,26,28). The number of hydrogen-bond donors (Lipinski definition) is 1. The molecule has 0 amide bonds. The number of terminal acetylenes is 1. The van der Waals surface area contributed by atoms with Crippen LogP contribution in [0.25, 0.3) is 11.4 Å². The molecule has 3 heterocycles. The summed E-state index contributed by atoms with van der Waals surface area (Å²) in [5.74, 6) is 4.27. The van der Waals surface area contributed by atoms with Gasteiger partial charge in [0.25, 0.3) is 5.56 Å². The number of aromatic nitrogens is 3. The molecule has 7 heteroatoms. The van der Waals surface area contributed by atoms with Crippen LogP contribution in [-0.2, 0) is 19.5 Å². The Bertz CT molecular complexity index is 1140. The molecule has 1 N–H and O–H groups in total. The summed E-state index contributed by atoms with van der Waals surface area (Å²) >= 11 is 0. The summed E-state index contributed by atoms with van der Waals surface area (Å²) < 4.78 is 10.9. The van der Waals surface area contributed by atoms with E-state index < -0.39 is 0 Å². The van der Waals surface area contributed by atoms with E-state index in [9.17, 15) is 4.79 Å². The quantitative estimate of drug-likeness (QED) is 0.638. The van der Waals surface area contributed by atoms with Crippen molar-refractivity contribution in [2.45, 2.75) is 19.5 Å². The van der Waals surface area contributed by atoms with Crippen LogP contribution >= 0.6 is 0 Å². The molecule has 152 valence electrons. The van der Waals surface area contributed by atoms with Gasteiger partial charge in [0.1, 0.15) is 12.4 Å². The SMILES string of the molecule is C#CCOc1ccc(CN2CCc3nc(-c4cccnc4)[nH]c(=O)c3C2)cc1OC. The average molecular weight is 402 g/mol. The monoisotopic (exact) mass is 402 g/mol. The number of ether oxygens (including phenoxy) is 2. The topological polar surface area (TPSA) is 80.3 Å². The van der Waals surface area contributed by atoms with E-state index in [1.165, 1.54) is 0 Å². The van der Waals surface area contributed by atoms with E-state index in [0.29, 0.717) is 36.8 Å². The lowest BCUT2D eigenvalue weighted by Crippen LogP contribution is -2.35. The third-order valence-electron chi connectivity index (χ3n) is 5.03. The first-order chi connectivity index (χ1) is 14.7. The molecule has 0 bridgehead atoms. The van der Waals surface area contributed by atoms with Gasteiger partial charge in [-0.2, -0.15) is 0 Å². The number of rotatable bonds is 6. The van der Waals surface area contributed by atoms with Crippen molar-refractivity contribution in [3.8, 4) is 35.2 Å². The van der Waals surface area contributed by atoms with Gasteiger partial charge in [0.15, 0.2) is 11.5 Å². The molecule has 0 aliphatic carbocycles. The second-order valence-electron chi connectivity index (χ2n) is 7.02. The lowest BCUT2D eigenvalue weighted by molar-refractivity contribution is 0.241. The van der Waals surface area contributed by atoms with E-state index in [0.717, 1.165) is 28.9 Å². The van der Waals surface area contributed by atoms with Crippen molar-refractivity contribution >= 4 is 0 Å². The Kier molecular flexibility index (Phi) is 5.77. The second kappa shape index (κ2) is 8.80.